The smallest absolute Gasteiger partial charge is 0.271 e. The molecule has 30 heavy (non-hydrogen) atoms. The number of nitrogens with zero attached hydrogens (tertiary/aromatic N) is 2. The van der Waals surface area contributed by atoms with E-state index in [1.807, 2.05) is 60.7 Å². The van der Waals surface area contributed by atoms with Gasteiger partial charge in [-0.1, -0.05) is 53.8 Å². The van der Waals surface area contributed by atoms with Gasteiger partial charge in [-0.2, -0.15) is 0 Å². The minimum Gasteiger partial charge on any atom is -0.497 e. The molecule has 6 heteroatoms. The normalized spacial score (nSPS) is 18.6. The molecule has 1 unspecified atom stereocenters. The van der Waals surface area contributed by atoms with Crippen LogP contribution in [0.3, 0.4) is 0 Å². The Morgan fingerprint density at radius 2 is 1.83 bits per heavy atom. The number of rotatable bonds is 3. The zero-order valence-electron chi connectivity index (χ0n) is 16.5. The summed E-state index contributed by atoms with van der Waals surface area (Å²) in [6, 6.07) is 16.9. The van der Waals surface area contributed by atoms with Crippen LogP contribution in [0.1, 0.15) is 36.4 Å². The molecule has 150 valence electrons. The summed E-state index contributed by atoms with van der Waals surface area (Å²) in [6.07, 6.45) is 3.96. The van der Waals surface area contributed by atoms with Gasteiger partial charge in [-0.05, 0) is 42.2 Å². The Bertz CT molecular complexity index is 1330. The molecule has 0 spiro atoms. The fourth-order valence-electron chi connectivity index (χ4n) is 4.11. The molecule has 1 aromatic heterocycles. The third-order valence-corrected chi connectivity index (χ3v) is 6.54. The molecular weight excluding hydrogens is 396 g/mol. The molecule has 3 aromatic rings. The first-order chi connectivity index (χ1) is 14.7. The Hall–Kier alpha value is -3.25. The monoisotopic (exact) mass is 416 g/mol. The third kappa shape index (κ3) is 3.13. The zero-order valence-corrected chi connectivity index (χ0v) is 17.3. The zero-order chi connectivity index (χ0) is 20.7. The van der Waals surface area contributed by atoms with Crippen LogP contribution >= 0.6 is 11.3 Å². The summed E-state index contributed by atoms with van der Waals surface area (Å²) in [4.78, 5) is 31.7. The van der Waals surface area contributed by atoms with Crippen LogP contribution < -0.4 is 19.6 Å². The second-order valence-electron chi connectivity index (χ2n) is 7.40. The first-order valence-electron chi connectivity index (χ1n) is 9.93. The molecule has 2 aromatic carbocycles. The largest absolute Gasteiger partial charge is 0.497 e. The Labute approximate surface area is 177 Å². The average molecular weight is 417 g/mol. The predicted molar refractivity (Wildman–Crippen MR) is 116 cm³/mol. The average Bonchev–Trinajstić information content (AvgIpc) is 3.08. The number of methoxy groups -OCH3 is 1. The summed E-state index contributed by atoms with van der Waals surface area (Å²) in [6.45, 7) is 0. The lowest BCUT2D eigenvalue weighted by Gasteiger charge is -2.28. The van der Waals surface area contributed by atoms with E-state index in [0.29, 0.717) is 21.3 Å². The maximum atomic E-state index is 13.4. The molecule has 2 aliphatic rings. The number of hydrogen-bond acceptors (Lipinski definition) is 5. The summed E-state index contributed by atoms with van der Waals surface area (Å²) in [5, 5.41) is 0. The summed E-state index contributed by atoms with van der Waals surface area (Å²) in [7, 11) is 1.62. The number of hydrogen-bond donors (Lipinski definition) is 0. The fourth-order valence-corrected chi connectivity index (χ4v) is 5.13. The molecule has 0 amide bonds. The van der Waals surface area contributed by atoms with E-state index in [-0.39, 0.29) is 11.3 Å². The molecule has 0 bridgehead atoms. The lowest BCUT2D eigenvalue weighted by atomic mass is 9.86. The molecule has 0 N–H and O–H groups in total. The van der Waals surface area contributed by atoms with E-state index in [9.17, 15) is 9.59 Å². The Morgan fingerprint density at radius 3 is 2.57 bits per heavy atom. The third-order valence-electron chi connectivity index (χ3n) is 5.56. The number of allylic oxidation sites excluding steroid dienone is 2. The van der Waals surface area contributed by atoms with E-state index in [1.54, 1.807) is 11.7 Å². The second kappa shape index (κ2) is 7.54. The maximum Gasteiger partial charge on any atom is 0.271 e. The lowest BCUT2D eigenvalue weighted by molar-refractivity contribution is -0.116. The Kier molecular flexibility index (Phi) is 4.71. The van der Waals surface area contributed by atoms with Gasteiger partial charge in [-0.3, -0.25) is 14.2 Å². The molecule has 5 rings (SSSR count). The van der Waals surface area contributed by atoms with Crippen molar-refractivity contribution in [3.8, 4) is 5.75 Å². The number of carbonyl (C=O) groups is 1. The standard InChI is InChI=1S/C24H20N2O3S/c1-29-17-12-10-15(11-13-17)14-20-23(28)26-22(16-6-3-2-4-7-16)21-18(25-24(26)30-20)8-5-9-19(21)27/h2-4,6-7,10-14,22H,5,8-9H2,1H3. The number of benzene rings is 2. The summed E-state index contributed by atoms with van der Waals surface area (Å²) in [5.41, 5.74) is 3.24. The Balaban J connectivity index is 1.72. The van der Waals surface area contributed by atoms with Crippen LogP contribution in [-0.2, 0) is 4.79 Å². The molecule has 2 heterocycles. The van der Waals surface area contributed by atoms with Crippen molar-refractivity contribution in [3.63, 3.8) is 0 Å². The number of carbonyl (C=O) groups excluding carboxylic acids is 1. The van der Waals surface area contributed by atoms with E-state index in [2.05, 4.69) is 0 Å². The number of fused-ring (bicyclic) bond motifs is 1. The number of thiazole rings is 1. The highest BCUT2D eigenvalue weighted by molar-refractivity contribution is 7.07. The van der Waals surface area contributed by atoms with E-state index in [4.69, 9.17) is 9.73 Å². The van der Waals surface area contributed by atoms with E-state index in [0.717, 1.165) is 35.4 Å². The van der Waals surface area contributed by atoms with Crippen molar-refractivity contribution in [2.75, 3.05) is 7.11 Å². The molecular formula is C24H20N2O3S. The van der Waals surface area contributed by atoms with Gasteiger partial charge in [-0.15, -0.1) is 0 Å². The van der Waals surface area contributed by atoms with Gasteiger partial charge in [0.1, 0.15) is 5.75 Å². The van der Waals surface area contributed by atoms with Gasteiger partial charge in [0.25, 0.3) is 5.56 Å². The van der Waals surface area contributed by atoms with Gasteiger partial charge in [-0.25, -0.2) is 4.99 Å². The molecule has 5 nitrogen and oxygen atoms in total. The van der Waals surface area contributed by atoms with E-state index >= 15 is 0 Å². The van der Waals surface area contributed by atoms with Gasteiger partial charge < -0.3 is 4.74 Å². The Morgan fingerprint density at radius 1 is 1.07 bits per heavy atom. The molecule has 0 saturated heterocycles. The topological polar surface area (TPSA) is 60.7 Å². The van der Waals surface area contributed by atoms with Crippen molar-refractivity contribution in [3.05, 3.63) is 96.7 Å². The fraction of sp³-hybridized carbons (Fsp3) is 0.208. The minimum atomic E-state index is -0.414. The quantitative estimate of drug-likeness (QED) is 0.660. The minimum absolute atomic E-state index is 0.0956. The highest BCUT2D eigenvalue weighted by Gasteiger charge is 2.34. The van der Waals surface area contributed by atoms with Crippen LogP contribution in [0.5, 0.6) is 5.75 Å². The van der Waals surface area contributed by atoms with Crippen molar-refractivity contribution < 1.29 is 9.53 Å². The summed E-state index contributed by atoms with van der Waals surface area (Å²) >= 11 is 1.37. The molecule has 1 atom stereocenters. The van der Waals surface area contributed by atoms with Crippen molar-refractivity contribution in [2.24, 2.45) is 4.99 Å². The number of ketones is 1. The summed E-state index contributed by atoms with van der Waals surface area (Å²) < 4.78 is 7.50. The van der Waals surface area contributed by atoms with Gasteiger partial charge in [0.2, 0.25) is 0 Å². The second-order valence-corrected chi connectivity index (χ2v) is 8.41. The lowest BCUT2D eigenvalue weighted by Crippen LogP contribution is -2.40. The van der Waals surface area contributed by atoms with Crippen LogP contribution in [0.15, 0.2) is 75.7 Å². The van der Waals surface area contributed by atoms with E-state index < -0.39 is 6.04 Å². The first kappa shape index (κ1) is 18.8. The van der Waals surface area contributed by atoms with Crippen LogP contribution in [-0.4, -0.2) is 17.5 Å². The van der Waals surface area contributed by atoms with E-state index in [1.165, 1.54) is 11.3 Å². The first-order valence-corrected chi connectivity index (χ1v) is 10.7. The number of Topliss-reactive ketones (excluding diaryl/α,β-unsaturated/α-hetero) is 1. The molecule has 0 fully saturated rings. The van der Waals surface area contributed by atoms with Gasteiger partial charge in [0.05, 0.1) is 23.4 Å². The molecule has 1 aliphatic carbocycles. The van der Waals surface area contributed by atoms with Gasteiger partial charge in [0.15, 0.2) is 10.6 Å². The van der Waals surface area contributed by atoms with Crippen molar-refractivity contribution >= 4 is 23.2 Å². The van der Waals surface area contributed by atoms with Crippen LogP contribution in [0, 0.1) is 0 Å². The highest BCUT2D eigenvalue weighted by atomic mass is 32.1. The van der Waals surface area contributed by atoms with Gasteiger partial charge >= 0.3 is 0 Å². The number of ether oxygens (including phenoxy) is 1. The highest BCUT2D eigenvalue weighted by Crippen LogP contribution is 2.35. The van der Waals surface area contributed by atoms with Gasteiger partial charge in [0, 0.05) is 12.0 Å². The predicted octanol–water partition coefficient (Wildman–Crippen LogP) is 2.98. The number of aromatic nitrogens is 1. The van der Waals surface area contributed by atoms with Crippen molar-refractivity contribution in [1.29, 1.82) is 0 Å². The maximum absolute atomic E-state index is 13.4. The SMILES string of the molecule is COc1ccc(C=c2sc3n(c2=O)C(c2ccccc2)C2=C(CCCC2=O)N=3)cc1. The molecule has 0 radical (unpaired) electrons. The molecule has 1 aliphatic heterocycles. The van der Waals surface area contributed by atoms with Crippen LogP contribution in [0.25, 0.3) is 6.08 Å². The van der Waals surface area contributed by atoms with Crippen molar-refractivity contribution in [1.82, 2.24) is 4.57 Å². The summed E-state index contributed by atoms with van der Waals surface area (Å²) in [5.74, 6) is 0.863. The molecule has 0 saturated carbocycles. The van der Waals surface area contributed by atoms with Crippen LogP contribution in [0.2, 0.25) is 0 Å². The van der Waals surface area contributed by atoms with Crippen LogP contribution in [0.4, 0.5) is 0 Å². The van der Waals surface area contributed by atoms with Crippen molar-refractivity contribution in [2.45, 2.75) is 25.3 Å².